The minimum absolute atomic E-state index is 0.0902. The highest BCUT2D eigenvalue weighted by atomic mass is 19.4. The van der Waals surface area contributed by atoms with E-state index in [-0.39, 0.29) is 17.7 Å². The summed E-state index contributed by atoms with van der Waals surface area (Å²) >= 11 is 0. The minimum atomic E-state index is -4.49. The maximum Gasteiger partial charge on any atom is 0.408 e. The molecule has 23 heavy (non-hydrogen) atoms. The molecule has 0 aliphatic rings. The summed E-state index contributed by atoms with van der Waals surface area (Å²) in [5.74, 6) is -3.28. The smallest absolute Gasteiger partial charge is 0.408 e. The number of amides is 1. The van der Waals surface area contributed by atoms with Crippen LogP contribution in [0.5, 0.6) is 0 Å². The van der Waals surface area contributed by atoms with Crippen LogP contribution >= 0.6 is 0 Å². The van der Waals surface area contributed by atoms with Gasteiger partial charge in [0.05, 0.1) is 5.56 Å². The highest BCUT2D eigenvalue weighted by Gasteiger charge is 2.38. The number of halogens is 4. The van der Waals surface area contributed by atoms with Crippen molar-refractivity contribution in [2.45, 2.75) is 32.5 Å². The standard InChI is InChI=1S/C14H16F4N2O3/c1-3-10(14(16,17)18)20-8-4-7(2)12(9(15)5-8)13(23)19-6-11(21)22/h4-5,10,20H,3,6H2,1-2H3,(H,19,23)(H,21,22)/t10-/m1/s1. The van der Waals surface area contributed by atoms with E-state index in [4.69, 9.17) is 5.11 Å². The highest BCUT2D eigenvalue weighted by molar-refractivity contribution is 5.97. The Hall–Kier alpha value is -2.32. The van der Waals surface area contributed by atoms with Crippen molar-refractivity contribution in [2.24, 2.45) is 0 Å². The summed E-state index contributed by atoms with van der Waals surface area (Å²) in [5, 5.41) is 12.6. The summed E-state index contributed by atoms with van der Waals surface area (Å²) in [5.41, 5.74) is -0.428. The molecule has 5 nitrogen and oxygen atoms in total. The SMILES string of the molecule is CC[C@@H](Nc1cc(C)c(C(=O)NCC(=O)O)c(F)c1)C(F)(F)F. The lowest BCUT2D eigenvalue weighted by atomic mass is 10.1. The summed E-state index contributed by atoms with van der Waals surface area (Å²) in [6, 6.07) is 0.137. The van der Waals surface area contributed by atoms with Crippen LogP contribution in [-0.2, 0) is 4.79 Å². The summed E-state index contributed by atoms with van der Waals surface area (Å²) < 4.78 is 52.2. The van der Waals surface area contributed by atoms with Crippen LogP contribution in [0.3, 0.4) is 0 Å². The third-order valence-electron chi connectivity index (χ3n) is 3.06. The fraction of sp³-hybridized carbons (Fsp3) is 0.429. The quantitative estimate of drug-likeness (QED) is 0.698. The second-order valence-electron chi connectivity index (χ2n) is 4.87. The zero-order chi connectivity index (χ0) is 17.8. The number of benzene rings is 1. The maximum absolute atomic E-state index is 14.0. The number of carbonyl (C=O) groups is 2. The van der Waals surface area contributed by atoms with E-state index < -0.39 is 42.0 Å². The van der Waals surface area contributed by atoms with Crippen molar-refractivity contribution in [2.75, 3.05) is 11.9 Å². The Kier molecular flexibility index (Phi) is 5.94. The second kappa shape index (κ2) is 7.30. The number of hydrogen-bond donors (Lipinski definition) is 3. The number of nitrogens with one attached hydrogen (secondary N) is 2. The molecule has 0 saturated carbocycles. The number of aliphatic carboxylic acids is 1. The predicted octanol–water partition coefficient (Wildman–Crippen LogP) is 2.70. The Morgan fingerprint density at radius 1 is 1.30 bits per heavy atom. The van der Waals surface area contributed by atoms with Gasteiger partial charge in [0, 0.05) is 5.69 Å². The molecule has 1 amide bonds. The Bertz CT molecular complexity index is 579. The highest BCUT2D eigenvalue weighted by Crippen LogP contribution is 2.27. The molecule has 1 aromatic carbocycles. The van der Waals surface area contributed by atoms with E-state index in [0.717, 1.165) is 6.07 Å². The van der Waals surface area contributed by atoms with Crippen LogP contribution in [0.2, 0.25) is 0 Å². The van der Waals surface area contributed by atoms with Crippen LogP contribution in [0, 0.1) is 12.7 Å². The summed E-state index contributed by atoms with van der Waals surface area (Å²) in [6.07, 6.45) is -4.73. The molecule has 0 spiro atoms. The number of carboxylic acid groups (broad SMARTS) is 1. The van der Waals surface area contributed by atoms with Gasteiger partial charge in [0.1, 0.15) is 18.4 Å². The molecule has 128 valence electrons. The normalized spacial score (nSPS) is 12.6. The van der Waals surface area contributed by atoms with Gasteiger partial charge < -0.3 is 15.7 Å². The van der Waals surface area contributed by atoms with Crippen molar-refractivity contribution < 1.29 is 32.3 Å². The van der Waals surface area contributed by atoms with E-state index in [0.29, 0.717) is 0 Å². The second-order valence-corrected chi connectivity index (χ2v) is 4.87. The first-order chi connectivity index (χ1) is 10.6. The number of aryl methyl sites for hydroxylation is 1. The Morgan fingerprint density at radius 2 is 1.91 bits per heavy atom. The topological polar surface area (TPSA) is 78.4 Å². The first-order valence-corrected chi connectivity index (χ1v) is 6.69. The third-order valence-corrected chi connectivity index (χ3v) is 3.06. The van der Waals surface area contributed by atoms with E-state index in [2.05, 4.69) is 5.32 Å². The molecular weight excluding hydrogens is 320 g/mol. The molecule has 1 atom stereocenters. The van der Waals surface area contributed by atoms with Crippen LogP contribution in [0.25, 0.3) is 0 Å². The Balaban J connectivity index is 3.01. The van der Waals surface area contributed by atoms with E-state index >= 15 is 0 Å². The van der Waals surface area contributed by atoms with Crippen molar-refractivity contribution in [3.8, 4) is 0 Å². The Morgan fingerprint density at radius 3 is 2.35 bits per heavy atom. The zero-order valence-corrected chi connectivity index (χ0v) is 12.4. The minimum Gasteiger partial charge on any atom is -0.480 e. The maximum atomic E-state index is 14.0. The van der Waals surface area contributed by atoms with Gasteiger partial charge in [-0.1, -0.05) is 6.92 Å². The third kappa shape index (κ3) is 5.11. The van der Waals surface area contributed by atoms with Crippen LogP contribution in [0.1, 0.15) is 29.3 Å². The zero-order valence-electron chi connectivity index (χ0n) is 12.4. The average Bonchev–Trinajstić information content (AvgIpc) is 2.40. The van der Waals surface area contributed by atoms with Gasteiger partial charge in [-0.05, 0) is 31.0 Å². The molecule has 0 heterocycles. The van der Waals surface area contributed by atoms with Gasteiger partial charge in [-0.3, -0.25) is 9.59 Å². The first-order valence-electron chi connectivity index (χ1n) is 6.69. The monoisotopic (exact) mass is 336 g/mol. The average molecular weight is 336 g/mol. The molecule has 0 saturated heterocycles. The Labute approximate surface area is 129 Å². The molecule has 0 aromatic heterocycles. The van der Waals surface area contributed by atoms with Crippen molar-refractivity contribution >= 4 is 17.6 Å². The molecule has 0 aliphatic heterocycles. The van der Waals surface area contributed by atoms with Crippen LogP contribution in [0.4, 0.5) is 23.2 Å². The molecule has 0 aliphatic carbocycles. The van der Waals surface area contributed by atoms with Crippen LogP contribution in [-0.4, -0.2) is 35.7 Å². The molecule has 3 N–H and O–H groups in total. The van der Waals surface area contributed by atoms with Gasteiger partial charge in [-0.25, -0.2) is 4.39 Å². The van der Waals surface area contributed by atoms with Gasteiger partial charge in [-0.15, -0.1) is 0 Å². The van der Waals surface area contributed by atoms with Gasteiger partial charge in [-0.2, -0.15) is 13.2 Å². The van der Waals surface area contributed by atoms with Gasteiger partial charge in [0.25, 0.3) is 5.91 Å². The fourth-order valence-electron chi connectivity index (χ4n) is 1.98. The molecule has 0 fully saturated rings. The number of rotatable bonds is 6. The summed E-state index contributed by atoms with van der Waals surface area (Å²) in [7, 11) is 0. The van der Waals surface area contributed by atoms with E-state index in [1.807, 2.05) is 5.32 Å². The predicted molar refractivity (Wildman–Crippen MR) is 74.9 cm³/mol. The first kappa shape index (κ1) is 18.7. The van der Waals surface area contributed by atoms with Crippen molar-refractivity contribution in [3.05, 3.63) is 29.1 Å². The lowest BCUT2D eigenvalue weighted by Crippen LogP contribution is -2.35. The molecule has 0 unspecified atom stereocenters. The lowest BCUT2D eigenvalue weighted by molar-refractivity contribution is -0.142. The fourth-order valence-corrected chi connectivity index (χ4v) is 1.98. The molecular formula is C14H16F4N2O3. The van der Waals surface area contributed by atoms with Crippen LogP contribution < -0.4 is 10.6 Å². The van der Waals surface area contributed by atoms with Crippen LogP contribution in [0.15, 0.2) is 12.1 Å². The van der Waals surface area contributed by atoms with E-state index in [1.165, 1.54) is 19.9 Å². The number of carboxylic acids is 1. The number of carbonyl (C=O) groups excluding carboxylic acids is 1. The summed E-state index contributed by atoms with van der Waals surface area (Å²) in [6.45, 7) is 1.99. The molecule has 0 bridgehead atoms. The number of hydrogen-bond acceptors (Lipinski definition) is 3. The molecule has 9 heteroatoms. The van der Waals surface area contributed by atoms with Gasteiger partial charge >= 0.3 is 12.1 Å². The van der Waals surface area contributed by atoms with Crippen molar-refractivity contribution in [1.29, 1.82) is 0 Å². The number of anilines is 1. The van der Waals surface area contributed by atoms with E-state index in [1.54, 1.807) is 0 Å². The lowest BCUT2D eigenvalue weighted by Gasteiger charge is -2.22. The van der Waals surface area contributed by atoms with Crippen molar-refractivity contribution in [1.82, 2.24) is 5.32 Å². The largest absolute Gasteiger partial charge is 0.480 e. The van der Waals surface area contributed by atoms with Gasteiger partial charge in [0.2, 0.25) is 0 Å². The molecule has 1 rings (SSSR count). The number of alkyl halides is 3. The summed E-state index contributed by atoms with van der Waals surface area (Å²) in [4.78, 5) is 22.1. The van der Waals surface area contributed by atoms with Crippen molar-refractivity contribution in [3.63, 3.8) is 0 Å². The van der Waals surface area contributed by atoms with E-state index in [9.17, 15) is 27.2 Å². The molecule has 1 aromatic rings. The van der Waals surface area contributed by atoms with Gasteiger partial charge in [0.15, 0.2) is 0 Å². The molecule has 0 radical (unpaired) electrons.